The predicted octanol–water partition coefficient (Wildman–Crippen LogP) is 5.88. The largest absolute Gasteiger partial charge is 0.492 e. The molecule has 4 aromatic rings. The minimum Gasteiger partial charge on any atom is -0.492 e. The van der Waals surface area contributed by atoms with E-state index < -0.39 is 5.91 Å². The number of hydrogen-bond acceptors (Lipinski definition) is 3. The highest BCUT2D eigenvalue weighted by Gasteiger charge is 2.14. The first kappa shape index (κ1) is 21.9. The summed E-state index contributed by atoms with van der Waals surface area (Å²) in [7, 11) is 0. The lowest BCUT2D eigenvalue weighted by atomic mass is 10.1. The van der Waals surface area contributed by atoms with E-state index in [4.69, 9.17) is 4.74 Å². The molecule has 0 unspecified atom stereocenters. The number of benzene rings is 3. The van der Waals surface area contributed by atoms with E-state index in [1.807, 2.05) is 92.8 Å². The van der Waals surface area contributed by atoms with Crippen LogP contribution < -0.4 is 10.1 Å². The number of amides is 1. The van der Waals surface area contributed by atoms with Crippen LogP contribution in [0.4, 0.5) is 5.69 Å². The molecule has 0 aliphatic carbocycles. The molecular weight excluding hydrogens is 410 g/mol. The highest BCUT2D eigenvalue weighted by atomic mass is 16.5. The van der Waals surface area contributed by atoms with Crippen LogP contribution in [0.1, 0.15) is 16.7 Å². The van der Waals surface area contributed by atoms with Gasteiger partial charge in [0.1, 0.15) is 24.0 Å². The summed E-state index contributed by atoms with van der Waals surface area (Å²) in [6, 6.07) is 25.5. The van der Waals surface area contributed by atoms with Crippen molar-refractivity contribution in [2.24, 2.45) is 0 Å². The Kier molecular flexibility index (Phi) is 6.56. The number of nitriles is 1. The van der Waals surface area contributed by atoms with Gasteiger partial charge in [-0.1, -0.05) is 48.5 Å². The standard InChI is InChI=1S/C28H25N3O2/c1-20-12-13-21(2)26(16-20)30-28(32)22(18-29)17-23-19-31(27-11-7-6-10-25(23)27)14-15-33-24-8-4-3-5-9-24/h3-13,16-17,19H,14-15H2,1-2H3,(H,30,32)/b22-17-. The van der Waals surface area contributed by atoms with Crippen molar-refractivity contribution in [1.29, 1.82) is 5.26 Å². The van der Waals surface area contributed by atoms with Gasteiger partial charge in [-0.3, -0.25) is 4.79 Å². The van der Waals surface area contributed by atoms with Gasteiger partial charge in [-0.25, -0.2) is 0 Å². The average molecular weight is 436 g/mol. The Bertz CT molecular complexity index is 1360. The maximum atomic E-state index is 12.9. The molecule has 0 aliphatic rings. The van der Waals surface area contributed by atoms with Crippen molar-refractivity contribution < 1.29 is 9.53 Å². The van der Waals surface area contributed by atoms with Crippen LogP contribution >= 0.6 is 0 Å². The molecule has 4 rings (SSSR count). The molecule has 0 aliphatic heterocycles. The van der Waals surface area contributed by atoms with Crippen molar-refractivity contribution in [2.75, 3.05) is 11.9 Å². The summed E-state index contributed by atoms with van der Waals surface area (Å²) >= 11 is 0. The van der Waals surface area contributed by atoms with E-state index in [0.717, 1.165) is 33.3 Å². The number of ether oxygens (including phenoxy) is 1. The predicted molar refractivity (Wildman–Crippen MR) is 132 cm³/mol. The number of nitrogens with one attached hydrogen (secondary N) is 1. The third kappa shape index (κ3) is 5.13. The highest BCUT2D eigenvalue weighted by molar-refractivity contribution is 6.11. The lowest BCUT2D eigenvalue weighted by Gasteiger charge is -2.08. The molecule has 0 bridgehead atoms. The van der Waals surface area contributed by atoms with E-state index in [-0.39, 0.29) is 5.57 Å². The molecule has 1 aromatic heterocycles. The van der Waals surface area contributed by atoms with Gasteiger partial charge in [-0.2, -0.15) is 5.26 Å². The smallest absolute Gasteiger partial charge is 0.266 e. The molecule has 5 heteroatoms. The summed E-state index contributed by atoms with van der Waals surface area (Å²) in [6.07, 6.45) is 3.61. The quantitative estimate of drug-likeness (QED) is 0.291. The molecule has 164 valence electrons. The molecule has 0 atom stereocenters. The van der Waals surface area contributed by atoms with E-state index in [9.17, 15) is 10.1 Å². The van der Waals surface area contributed by atoms with E-state index >= 15 is 0 Å². The Morgan fingerprint density at radius 2 is 1.82 bits per heavy atom. The second-order valence-electron chi connectivity index (χ2n) is 7.90. The monoisotopic (exact) mass is 435 g/mol. The molecule has 1 heterocycles. The van der Waals surface area contributed by atoms with Crippen LogP contribution in [0, 0.1) is 25.2 Å². The normalized spacial score (nSPS) is 11.2. The first-order chi connectivity index (χ1) is 16.0. The van der Waals surface area contributed by atoms with Crippen molar-refractivity contribution in [3.8, 4) is 11.8 Å². The average Bonchev–Trinajstić information content (AvgIpc) is 3.18. The third-order valence-electron chi connectivity index (χ3n) is 5.47. The van der Waals surface area contributed by atoms with Crippen molar-refractivity contribution in [3.63, 3.8) is 0 Å². The van der Waals surface area contributed by atoms with Crippen LogP contribution in [0.15, 0.2) is 84.6 Å². The lowest BCUT2D eigenvalue weighted by Crippen LogP contribution is -2.14. The molecule has 33 heavy (non-hydrogen) atoms. The van der Waals surface area contributed by atoms with Crippen LogP contribution in [0.3, 0.4) is 0 Å². The molecule has 0 saturated carbocycles. The minimum absolute atomic E-state index is 0.0549. The second kappa shape index (κ2) is 9.88. The molecule has 5 nitrogen and oxygen atoms in total. The van der Waals surface area contributed by atoms with Gasteiger partial charge in [0.25, 0.3) is 5.91 Å². The SMILES string of the molecule is Cc1ccc(C)c(NC(=O)/C(C#N)=C\c2cn(CCOc3ccccc3)c3ccccc23)c1. The number of hydrogen-bond donors (Lipinski definition) is 1. The summed E-state index contributed by atoms with van der Waals surface area (Å²) in [6.45, 7) is 5.03. The fourth-order valence-electron chi connectivity index (χ4n) is 3.72. The molecule has 1 N–H and O–H groups in total. The van der Waals surface area contributed by atoms with E-state index in [1.54, 1.807) is 6.08 Å². The minimum atomic E-state index is -0.421. The van der Waals surface area contributed by atoms with E-state index in [0.29, 0.717) is 18.8 Å². The van der Waals surface area contributed by atoms with Gasteiger partial charge in [0.05, 0.1) is 6.54 Å². The first-order valence-corrected chi connectivity index (χ1v) is 10.8. The second-order valence-corrected chi connectivity index (χ2v) is 7.90. The number of anilines is 1. The zero-order chi connectivity index (χ0) is 23.2. The number of nitrogens with zero attached hydrogens (tertiary/aromatic N) is 2. The van der Waals surface area contributed by atoms with Gasteiger partial charge < -0.3 is 14.6 Å². The van der Waals surface area contributed by atoms with E-state index in [1.165, 1.54) is 0 Å². The van der Waals surface area contributed by atoms with Crippen LogP contribution in [-0.2, 0) is 11.3 Å². The fourth-order valence-corrected chi connectivity index (χ4v) is 3.72. The zero-order valence-electron chi connectivity index (χ0n) is 18.7. The fraction of sp³-hybridized carbons (Fsp3) is 0.143. The van der Waals surface area contributed by atoms with E-state index in [2.05, 4.69) is 16.0 Å². The number of para-hydroxylation sites is 2. The number of fused-ring (bicyclic) bond motifs is 1. The molecule has 3 aromatic carbocycles. The van der Waals surface area contributed by atoms with Crippen LogP contribution in [0.2, 0.25) is 0 Å². The number of rotatable bonds is 7. The Labute approximate surface area is 193 Å². The third-order valence-corrected chi connectivity index (χ3v) is 5.47. The van der Waals surface area contributed by atoms with Crippen molar-refractivity contribution >= 4 is 28.6 Å². The van der Waals surface area contributed by atoms with Crippen LogP contribution in [0.5, 0.6) is 5.75 Å². The van der Waals surface area contributed by atoms with Crippen molar-refractivity contribution in [3.05, 3.63) is 101 Å². The Hall–Kier alpha value is -4.30. The number of aryl methyl sites for hydroxylation is 2. The molecule has 1 amide bonds. The Morgan fingerprint density at radius 1 is 1.06 bits per heavy atom. The topological polar surface area (TPSA) is 67.0 Å². The maximum absolute atomic E-state index is 12.9. The van der Waals surface area contributed by atoms with Gasteiger partial charge in [-0.15, -0.1) is 0 Å². The van der Waals surface area contributed by atoms with Crippen molar-refractivity contribution in [1.82, 2.24) is 4.57 Å². The van der Waals surface area contributed by atoms with Gasteiger partial charge in [0.2, 0.25) is 0 Å². The first-order valence-electron chi connectivity index (χ1n) is 10.8. The summed E-state index contributed by atoms with van der Waals surface area (Å²) in [5.41, 5.74) is 4.59. The van der Waals surface area contributed by atoms with Gasteiger partial charge in [0.15, 0.2) is 0 Å². The van der Waals surface area contributed by atoms with Crippen LogP contribution in [-0.4, -0.2) is 17.1 Å². The molecule has 0 fully saturated rings. The summed E-state index contributed by atoms with van der Waals surface area (Å²) < 4.78 is 7.93. The number of carbonyl (C=O) groups is 1. The Morgan fingerprint density at radius 3 is 2.61 bits per heavy atom. The van der Waals surface area contributed by atoms with Gasteiger partial charge >= 0.3 is 0 Å². The molecule has 0 spiro atoms. The molecule has 0 saturated heterocycles. The summed E-state index contributed by atoms with van der Waals surface area (Å²) in [5.74, 6) is 0.402. The van der Waals surface area contributed by atoms with Gasteiger partial charge in [-0.05, 0) is 55.3 Å². The Balaban J connectivity index is 1.58. The summed E-state index contributed by atoms with van der Waals surface area (Å²) in [5, 5.41) is 13.5. The zero-order valence-corrected chi connectivity index (χ0v) is 18.7. The highest BCUT2D eigenvalue weighted by Crippen LogP contribution is 2.24. The molecular formula is C28H25N3O2. The van der Waals surface area contributed by atoms with Crippen LogP contribution in [0.25, 0.3) is 17.0 Å². The number of aromatic nitrogens is 1. The lowest BCUT2D eigenvalue weighted by molar-refractivity contribution is -0.112. The molecule has 0 radical (unpaired) electrons. The maximum Gasteiger partial charge on any atom is 0.266 e. The van der Waals surface area contributed by atoms with Crippen molar-refractivity contribution in [2.45, 2.75) is 20.4 Å². The summed E-state index contributed by atoms with van der Waals surface area (Å²) in [4.78, 5) is 12.9. The van der Waals surface area contributed by atoms with Gasteiger partial charge in [0, 0.05) is 28.4 Å². The number of carbonyl (C=O) groups excluding carboxylic acids is 1.